The Morgan fingerprint density at radius 1 is 0.944 bits per heavy atom. The summed E-state index contributed by atoms with van der Waals surface area (Å²) in [7, 11) is 2.06. The molecule has 0 aliphatic heterocycles. The average molecular weight is 235 g/mol. The van der Waals surface area contributed by atoms with Crippen LogP contribution in [0.4, 0.5) is 0 Å². The highest BCUT2D eigenvalue weighted by molar-refractivity contribution is 5.74. The van der Waals surface area contributed by atoms with E-state index < -0.39 is 0 Å². The zero-order valence-electron chi connectivity index (χ0n) is 10.6. The molecule has 3 rings (SSSR count). The second kappa shape index (κ2) is 4.22. The first kappa shape index (κ1) is 10.9. The molecule has 2 heteroatoms. The molecular formula is C16H15N2+. The van der Waals surface area contributed by atoms with Crippen molar-refractivity contribution in [3.05, 3.63) is 60.3 Å². The summed E-state index contributed by atoms with van der Waals surface area (Å²) in [4.78, 5) is 4.75. The standard InChI is InChI=1S/C16H15N2/c1-12-7-3-4-8-13(12)15-11-18(2)16-10-6-5-9-14(16)17-15/h3-11H,1-2H3/q+1. The third kappa shape index (κ3) is 1.76. The van der Waals surface area contributed by atoms with Crippen LogP contribution in [-0.4, -0.2) is 4.98 Å². The summed E-state index contributed by atoms with van der Waals surface area (Å²) in [6.45, 7) is 2.12. The first-order valence-electron chi connectivity index (χ1n) is 6.07. The van der Waals surface area contributed by atoms with Crippen LogP contribution in [0.15, 0.2) is 54.7 Å². The molecule has 1 aromatic heterocycles. The van der Waals surface area contributed by atoms with E-state index in [1.54, 1.807) is 0 Å². The Kier molecular flexibility index (Phi) is 2.56. The van der Waals surface area contributed by atoms with Crippen molar-refractivity contribution in [2.45, 2.75) is 6.92 Å². The Balaban J connectivity index is 2.28. The smallest absolute Gasteiger partial charge is 0.230 e. The Bertz CT molecular complexity index is 717. The van der Waals surface area contributed by atoms with Crippen LogP contribution in [0.5, 0.6) is 0 Å². The summed E-state index contributed by atoms with van der Waals surface area (Å²) in [5.74, 6) is 0. The molecule has 2 nitrogen and oxygen atoms in total. The summed E-state index contributed by atoms with van der Waals surface area (Å²) in [5, 5.41) is 0. The number of para-hydroxylation sites is 2. The minimum atomic E-state index is 1.02. The topological polar surface area (TPSA) is 16.8 Å². The number of hydrogen-bond acceptors (Lipinski definition) is 1. The fraction of sp³-hybridized carbons (Fsp3) is 0.125. The minimum Gasteiger partial charge on any atom is -0.235 e. The van der Waals surface area contributed by atoms with Gasteiger partial charge in [-0.2, -0.15) is 4.57 Å². The van der Waals surface area contributed by atoms with Gasteiger partial charge in [0.15, 0.2) is 6.20 Å². The lowest BCUT2D eigenvalue weighted by atomic mass is 10.1. The van der Waals surface area contributed by atoms with Crippen LogP contribution in [0.2, 0.25) is 0 Å². The second-order valence-corrected chi connectivity index (χ2v) is 4.54. The van der Waals surface area contributed by atoms with Crippen LogP contribution < -0.4 is 4.57 Å². The molecule has 0 atom stereocenters. The lowest BCUT2D eigenvalue weighted by molar-refractivity contribution is -0.644. The molecule has 0 radical (unpaired) electrons. The van der Waals surface area contributed by atoms with Gasteiger partial charge in [-0.1, -0.05) is 36.4 Å². The van der Waals surface area contributed by atoms with Gasteiger partial charge in [0, 0.05) is 11.6 Å². The van der Waals surface area contributed by atoms with E-state index in [2.05, 4.69) is 61.1 Å². The van der Waals surface area contributed by atoms with E-state index in [0.29, 0.717) is 0 Å². The third-order valence-electron chi connectivity index (χ3n) is 3.24. The van der Waals surface area contributed by atoms with Gasteiger partial charge in [-0.3, -0.25) is 0 Å². The zero-order valence-corrected chi connectivity index (χ0v) is 10.6. The summed E-state index contributed by atoms with van der Waals surface area (Å²) in [5.41, 5.74) is 5.64. The normalized spacial score (nSPS) is 10.8. The number of nitrogens with zero attached hydrogens (tertiary/aromatic N) is 2. The Morgan fingerprint density at radius 3 is 2.50 bits per heavy atom. The Hall–Kier alpha value is -2.22. The highest BCUT2D eigenvalue weighted by Crippen LogP contribution is 2.21. The number of aryl methyl sites for hydroxylation is 2. The van der Waals surface area contributed by atoms with Crippen molar-refractivity contribution in [1.29, 1.82) is 0 Å². The van der Waals surface area contributed by atoms with Gasteiger partial charge in [0.05, 0.1) is 0 Å². The number of rotatable bonds is 1. The Labute approximate surface area is 107 Å². The molecule has 0 bridgehead atoms. The maximum Gasteiger partial charge on any atom is 0.230 e. The molecule has 88 valence electrons. The van der Waals surface area contributed by atoms with Gasteiger partial charge in [0.1, 0.15) is 18.3 Å². The lowest BCUT2D eigenvalue weighted by Crippen LogP contribution is -2.29. The number of benzene rings is 2. The summed E-state index contributed by atoms with van der Waals surface area (Å²) in [6.07, 6.45) is 2.09. The molecule has 18 heavy (non-hydrogen) atoms. The van der Waals surface area contributed by atoms with Crippen molar-refractivity contribution < 1.29 is 4.57 Å². The van der Waals surface area contributed by atoms with Crippen molar-refractivity contribution >= 4 is 11.0 Å². The summed E-state index contributed by atoms with van der Waals surface area (Å²) in [6, 6.07) is 16.5. The average Bonchev–Trinajstić information content (AvgIpc) is 2.39. The first-order chi connectivity index (χ1) is 8.75. The predicted molar refractivity (Wildman–Crippen MR) is 73.1 cm³/mol. The van der Waals surface area contributed by atoms with Crippen molar-refractivity contribution in [2.24, 2.45) is 7.05 Å². The van der Waals surface area contributed by atoms with Crippen LogP contribution in [0.3, 0.4) is 0 Å². The molecule has 0 saturated carbocycles. The van der Waals surface area contributed by atoms with Crippen molar-refractivity contribution in [3.63, 3.8) is 0 Å². The van der Waals surface area contributed by atoms with E-state index in [1.165, 1.54) is 11.1 Å². The molecule has 0 fully saturated rings. The van der Waals surface area contributed by atoms with Gasteiger partial charge in [-0.05, 0) is 18.6 Å². The predicted octanol–water partition coefficient (Wildman–Crippen LogP) is 3.03. The highest BCUT2D eigenvalue weighted by Gasteiger charge is 2.11. The minimum absolute atomic E-state index is 1.02. The number of aromatic nitrogens is 2. The van der Waals surface area contributed by atoms with Gasteiger partial charge in [-0.15, -0.1) is 0 Å². The highest BCUT2D eigenvalue weighted by atomic mass is 14.9. The van der Waals surface area contributed by atoms with Crippen LogP contribution >= 0.6 is 0 Å². The summed E-state index contributed by atoms with van der Waals surface area (Å²) < 4.78 is 2.13. The SMILES string of the molecule is Cc1ccccc1-c1c[n+](C)c2ccccc2n1. The number of fused-ring (bicyclic) bond motifs is 1. The van der Waals surface area contributed by atoms with E-state index in [9.17, 15) is 0 Å². The van der Waals surface area contributed by atoms with Crippen LogP contribution in [0.25, 0.3) is 22.3 Å². The monoisotopic (exact) mass is 235 g/mol. The maximum atomic E-state index is 4.75. The molecule has 0 spiro atoms. The van der Waals surface area contributed by atoms with Crippen molar-refractivity contribution in [3.8, 4) is 11.3 Å². The van der Waals surface area contributed by atoms with Crippen molar-refractivity contribution in [1.82, 2.24) is 4.98 Å². The molecule has 1 heterocycles. The molecule has 0 unspecified atom stereocenters. The van der Waals surface area contributed by atoms with E-state index in [0.717, 1.165) is 16.7 Å². The van der Waals surface area contributed by atoms with Gasteiger partial charge in [0.25, 0.3) is 0 Å². The molecular weight excluding hydrogens is 220 g/mol. The molecule has 3 aromatic rings. The van der Waals surface area contributed by atoms with E-state index >= 15 is 0 Å². The molecule has 0 saturated heterocycles. The molecule has 0 aliphatic carbocycles. The quantitative estimate of drug-likeness (QED) is 0.592. The van der Waals surface area contributed by atoms with Crippen LogP contribution in [-0.2, 0) is 7.05 Å². The summed E-state index contributed by atoms with van der Waals surface area (Å²) >= 11 is 0. The van der Waals surface area contributed by atoms with E-state index in [-0.39, 0.29) is 0 Å². The van der Waals surface area contributed by atoms with Gasteiger partial charge in [0.2, 0.25) is 5.52 Å². The van der Waals surface area contributed by atoms with Crippen molar-refractivity contribution in [2.75, 3.05) is 0 Å². The van der Waals surface area contributed by atoms with Gasteiger partial charge in [-0.25, -0.2) is 4.98 Å². The first-order valence-corrected chi connectivity index (χ1v) is 6.07. The van der Waals surface area contributed by atoms with Gasteiger partial charge >= 0.3 is 0 Å². The molecule has 0 amide bonds. The molecule has 0 N–H and O–H groups in total. The molecule has 2 aromatic carbocycles. The Morgan fingerprint density at radius 2 is 1.67 bits per heavy atom. The second-order valence-electron chi connectivity index (χ2n) is 4.54. The van der Waals surface area contributed by atoms with E-state index in [1.807, 2.05) is 12.1 Å². The maximum absolute atomic E-state index is 4.75. The third-order valence-corrected chi connectivity index (χ3v) is 3.24. The van der Waals surface area contributed by atoms with Gasteiger partial charge < -0.3 is 0 Å². The fourth-order valence-electron chi connectivity index (χ4n) is 2.26. The van der Waals surface area contributed by atoms with Crippen LogP contribution in [0, 0.1) is 6.92 Å². The molecule has 0 aliphatic rings. The zero-order chi connectivity index (χ0) is 12.5. The van der Waals surface area contributed by atoms with Crippen LogP contribution in [0.1, 0.15) is 5.56 Å². The van der Waals surface area contributed by atoms with E-state index in [4.69, 9.17) is 4.98 Å². The number of hydrogen-bond donors (Lipinski definition) is 0. The largest absolute Gasteiger partial charge is 0.235 e. The lowest BCUT2D eigenvalue weighted by Gasteiger charge is -2.04. The fourth-order valence-corrected chi connectivity index (χ4v) is 2.26.